The van der Waals surface area contributed by atoms with Crippen LogP contribution in [0.4, 0.5) is 4.39 Å². The number of methoxy groups -OCH3 is 3. The van der Waals surface area contributed by atoms with E-state index in [2.05, 4.69) is 10.3 Å². The molecule has 29 heavy (non-hydrogen) atoms. The predicted octanol–water partition coefficient (Wildman–Crippen LogP) is 3.92. The molecule has 0 spiro atoms. The third-order valence-electron chi connectivity index (χ3n) is 5.02. The van der Waals surface area contributed by atoms with Crippen LogP contribution in [0.3, 0.4) is 0 Å². The highest BCUT2D eigenvalue weighted by atomic mass is 19.1. The Kier molecular flexibility index (Phi) is 5.96. The van der Waals surface area contributed by atoms with Crippen molar-refractivity contribution in [2.75, 3.05) is 27.9 Å². The molecule has 0 radical (unpaired) electrons. The number of rotatable bonds is 7. The minimum absolute atomic E-state index is 0.213. The molecule has 0 aliphatic heterocycles. The number of ether oxygens (including phenoxy) is 3. The lowest BCUT2D eigenvalue weighted by Gasteiger charge is -2.11. The smallest absolute Gasteiger partial charge is 0.251 e. The zero-order valence-electron chi connectivity index (χ0n) is 17.2. The number of aryl methyl sites for hydroxylation is 2. The summed E-state index contributed by atoms with van der Waals surface area (Å²) in [5, 5.41) is 3.74. The van der Waals surface area contributed by atoms with Gasteiger partial charge >= 0.3 is 0 Å². The van der Waals surface area contributed by atoms with E-state index in [1.165, 1.54) is 14.2 Å². The molecule has 0 fully saturated rings. The molecule has 0 aliphatic rings. The highest BCUT2D eigenvalue weighted by Gasteiger charge is 2.18. The number of hydrogen-bond donors (Lipinski definition) is 2. The van der Waals surface area contributed by atoms with Gasteiger partial charge in [0.1, 0.15) is 0 Å². The van der Waals surface area contributed by atoms with Gasteiger partial charge in [0.15, 0.2) is 23.1 Å². The molecule has 0 aliphatic carbocycles. The van der Waals surface area contributed by atoms with Crippen molar-refractivity contribution in [2.45, 2.75) is 20.3 Å². The summed E-state index contributed by atoms with van der Waals surface area (Å²) >= 11 is 0. The average Bonchev–Trinajstić information content (AvgIpc) is 3.07. The normalized spacial score (nSPS) is 10.8. The van der Waals surface area contributed by atoms with Crippen molar-refractivity contribution >= 4 is 16.8 Å². The van der Waals surface area contributed by atoms with Gasteiger partial charge < -0.3 is 24.5 Å². The Balaban J connectivity index is 1.77. The van der Waals surface area contributed by atoms with Crippen molar-refractivity contribution in [1.82, 2.24) is 10.3 Å². The first-order chi connectivity index (χ1) is 13.9. The fourth-order valence-corrected chi connectivity index (χ4v) is 3.56. The Morgan fingerprint density at radius 1 is 1.03 bits per heavy atom. The number of carbonyl (C=O) groups excluding carboxylic acids is 1. The quantitative estimate of drug-likeness (QED) is 0.631. The maximum atomic E-state index is 14.6. The number of benzene rings is 2. The number of nitrogens with one attached hydrogen (secondary N) is 2. The second kappa shape index (κ2) is 8.43. The fourth-order valence-electron chi connectivity index (χ4n) is 3.56. The van der Waals surface area contributed by atoms with E-state index in [4.69, 9.17) is 14.2 Å². The van der Waals surface area contributed by atoms with Crippen LogP contribution in [0.5, 0.6) is 17.2 Å². The van der Waals surface area contributed by atoms with E-state index in [-0.39, 0.29) is 11.7 Å². The highest BCUT2D eigenvalue weighted by Crippen LogP contribution is 2.33. The second-order valence-corrected chi connectivity index (χ2v) is 6.76. The van der Waals surface area contributed by atoms with Gasteiger partial charge in [0, 0.05) is 23.2 Å². The zero-order chi connectivity index (χ0) is 21.1. The summed E-state index contributed by atoms with van der Waals surface area (Å²) in [5.41, 5.74) is 3.68. The molecule has 154 valence electrons. The molecule has 2 N–H and O–H groups in total. The fraction of sp³-hybridized carbons (Fsp3) is 0.318. The number of amides is 1. The largest absolute Gasteiger partial charge is 0.494 e. The number of hydrogen-bond acceptors (Lipinski definition) is 4. The van der Waals surface area contributed by atoms with Crippen LogP contribution in [-0.4, -0.2) is 38.8 Å². The first kappa shape index (κ1) is 20.5. The van der Waals surface area contributed by atoms with Crippen molar-refractivity contribution < 1.29 is 23.4 Å². The Hall–Kier alpha value is -3.22. The third-order valence-corrected chi connectivity index (χ3v) is 5.02. The number of halogens is 1. The number of H-pyrrole nitrogens is 1. The Bertz CT molecular complexity index is 1060. The van der Waals surface area contributed by atoms with Crippen LogP contribution in [0.15, 0.2) is 24.3 Å². The first-order valence-corrected chi connectivity index (χ1v) is 9.25. The summed E-state index contributed by atoms with van der Waals surface area (Å²) in [6.45, 7) is 4.23. The molecule has 1 heterocycles. The van der Waals surface area contributed by atoms with Gasteiger partial charge in [-0.25, -0.2) is 4.39 Å². The summed E-state index contributed by atoms with van der Waals surface area (Å²) in [4.78, 5) is 15.6. The lowest BCUT2D eigenvalue weighted by Crippen LogP contribution is -2.25. The van der Waals surface area contributed by atoms with Crippen LogP contribution >= 0.6 is 0 Å². The highest BCUT2D eigenvalue weighted by molar-refractivity contribution is 5.95. The second-order valence-electron chi connectivity index (χ2n) is 6.76. The van der Waals surface area contributed by atoms with Gasteiger partial charge in [-0.1, -0.05) is 0 Å². The minimum atomic E-state index is -0.406. The Labute approximate surface area is 169 Å². The van der Waals surface area contributed by atoms with Gasteiger partial charge in [0.05, 0.1) is 26.8 Å². The van der Waals surface area contributed by atoms with E-state index < -0.39 is 5.82 Å². The molecule has 0 atom stereocenters. The number of aromatic amines is 1. The van der Waals surface area contributed by atoms with E-state index in [1.54, 1.807) is 31.4 Å². The van der Waals surface area contributed by atoms with Gasteiger partial charge in [-0.3, -0.25) is 4.79 Å². The van der Waals surface area contributed by atoms with Crippen LogP contribution in [0, 0.1) is 19.7 Å². The summed E-state index contributed by atoms with van der Waals surface area (Å²) < 4.78 is 30.1. The van der Waals surface area contributed by atoms with Crippen molar-refractivity contribution in [3.63, 3.8) is 0 Å². The van der Waals surface area contributed by atoms with E-state index in [9.17, 15) is 9.18 Å². The Morgan fingerprint density at radius 2 is 1.72 bits per heavy atom. The average molecular weight is 400 g/mol. The molecule has 2 aromatic carbocycles. The molecule has 7 heteroatoms. The topological polar surface area (TPSA) is 72.6 Å². The summed E-state index contributed by atoms with van der Waals surface area (Å²) in [7, 11) is 4.52. The molecular weight excluding hydrogens is 375 g/mol. The SMILES string of the molecule is COc1ccc(C(=O)NCCc2c(C)[nH]c3c(F)c(OC)cc(C)c23)cc1OC. The third kappa shape index (κ3) is 3.85. The maximum Gasteiger partial charge on any atom is 0.251 e. The minimum Gasteiger partial charge on any atom is -0.494 e. The van der Waals surface area contributed by atoms with E-state index in [0.717, 1.165) is 22.2 Å². The number of aromatic nitrogens is 1. The molecular formula is C22H25FN2O4. The van der Waals surface area contributed by atoms with Crippen molar-refractivity contribution in [3.05, 3.63) is 52.5 Å². The number of carbonyl (C=O) groups is 1. The summed E-state index contributed by atoms with van der Waals surface area (Å²) in [5.74, 6) is 0.647. The summed E-state index contributed by atoms with van der Waals surface area (Å²) in [6.07, 6.45) is 0.567. The standard InChI is InChI=1S/C22H25FN2O4/c1-12-10-18(29-5)20(23)21-19(12)15(13(2)25-21)8-9-24-22(26)14-6-7-16(27-3)17(11-14)28-4/h6-7,10-11,25H,8-9H2,1-5H3,(H,24,26). The molecule has 0 saturated carbocycles. The predicted molar refractivity (Wildman–Crippen MR) is 110 cm³/mol. The van der Waals surface area contributed by atoms with Gasteiger partial charge in [-0.2, -0.15) is 0 Å². The van der Waals surface area contributed by atoms with Crippen LogP contribution in [0.25, 0.3) is 10.9 Å². The van der Waals surface area contributed by atoms with Crippen molar-refractivity contribution in [3.8, 4) is 17.2 Å². The molecule has 1 aromatic heterocycles. The van der Waals surface area contributed by atoms with Gasteiger partial charge in [-0.05, 0) is 55.7 Å². The van der Waals surface area contributed by atoms with Crippen LogP contribution in [0.1, 0.15) is 27.2 Å². The first-order valence-electron chi connectivity index (χ1n) is 9.25. The van der Waals surface area contributed by atoms with Crippen LogP contribution in [-0.2, 0) is 6.42 Å². The Morgan fingerprint density at radius 3 is 2.38 bits per heavy atom. The molecule has 0 unspecified atom stereocenters. The molecule has 0 bridgehead atoms. The molecule has 1 amide bonds. The van der Waals surface area contributed by atoms with E-state index >= 15 is 0 Å². The van der Waals surface area contributed by atoms with Crippen molar-refractivity contribution in [1.29, 1.82) is 0 Å². The van der Waals surface area contributed by atoms with Gasteiger partial charge in [0.2, 0.25) is 0 Å². The van der Waals surface area contributed by atoms with Crippen molar-refractivity contribution in [2.24, 2.45) is 0 Å². The van der Waals surface area contributed by atoms with Crippen LogP contribution < -0.4 is 19.5 Å². The van der Waals surface area contributed by atoms with Gasteiger partial charge in [-0.15, -0.1) is 0 Å². The molecule has 0 saturated heterocycles. The molecule has 3 rings (SSSR count). The number of fused-ring (bicyclic) bond motifs is 1. The van der Waals surface area contributed by atoms with Gasteiger partial charge in [0.25, 0.3) is 5.91 Å². The monoisotopic (exact) mass is 400 g/mol. The zero-order valence-corrected chi connectivity index (χ0v) is 17.2. The lowest BCUT2D eigenvalue weighted by molar-refractivity contribution is 0.0953. The summed E-state index contributed by atoms with van der Waals surface area (Å²) in [6, 6.07) is 6.70. The maximum absolute atomic E-state index is 14.6. The molecule has 6 nitrogen and oxygen atoms in total. The van der Waals surface area contributed by atoms with E-state index in [1.807, 2.05) is 13.8 Å². The lowest BCUT2D eigenvalue weighted by atomic mass is 10.0. The van der Waals surface area contributed by atoms with Crippen LogP contribution in [0.2, 0.25) is 0 Å². The van der Waals surface area contributed by atoms with E-state index in [0.29, 0.717) is 35.5 Å². The molecule has 3 aromatic rings.